The number of hydrogen-bond donors (Lipinski definition) is 0. The van der Waals surface area contributed by atoms with E-state index in [-0.39, 0.29) is 17.1 Å². The van der Waals surface area contributed by atoms with Crippen LogP contribution in [0.2, 0.25) is 0 Å². The molecule has 1 atom stereocenters. The van der Waals surface area contributed by atoms with Crippen LogP contribution in [0.4, 0.5) is 11.4 Å². The minimum atomic E-state index is -0.826. The van der Waals surface area contributed by atoms with Gasteiger partial charge in [-0.3, -0.25) is 15.1 Å². The molecule has 0 radical (unpaired) electrons. The Labute approximate surface area is 171 Å². The lowest BCUT2D eigenvalue weighted by molar-refractivity contribution is -0.384. The summed E-state index contributed by atoms with van der Waals surface area (Å²) in [6.45, 7) is 3.11. The van der Waals surface area contributed by atoms with E-state index >= 15 is 0 Å². The highest BCUT2D eigenvalue weighted by atomic mass is 16.6. The van der Waals surface area contributed by atoms with Crippen molar-refractivity contribution in [3.63, 3.8) is 0 Å². The van der Waals surface area contributed by atoms with E-state index in [0.717, 1.165) is 25.9 Å². The van der Waals surface area contributed by atoms with Gasteiger partial charge in [0.2, 0.25) is 5.82 Å². The molecule has 0 amide bonds. The second kappa shape index (κ2) is 8.27. The predicted octanol–water partition coefficient (Wildman–Crippen LogP) is 3.56. The van der Waals surface area contributed by atoms with Gasteiger partial charge in [0.05, 0.1) is 10.5 Å². The number of hydrogen-bond acceptors (Lipinski definition) is 9. The third kappa shape index (κ3) is 3.97. The lowest BCUT2D eigenvalue weighted by atomic mass is 10.1. The predicted molar refractivity (Wildman–Crippen MR) is 106 cm³/mol. The summed E-state index contributed by atoms with van der Waals surface area (Å²) in [5.41, 5.74) is 1.15. The number of carbonyl (C=O) groups is 1. The Morgan fingerprint density at radius 3 is 2.80 bits per heavy atom. The number of nitro benzene ring substituents is 1. The van der Waals surface area contributed by atoms with Crippen molar-refractivity contribution >= 4 is 17.3 Å². The normalized spacial score (nSPS) is 14.5. The summed E-state index contributed by atoms with van der Waals surface area (Å²) in [7, 11) is 0. The first-order valence-corrected chi connectivity index (χ1v) is 9.51. The van der Waals surface area contributed by atoms with Crippen LogP contribution < -0.4 is 4.90 Å². The molecule has 1 aliphatic rings. The molecular weight excluding hydrogens is 390 g/mol. The maximum absolute atomic E-state index is 12.6. The van der Waals surface area contributed by atoms with E-state index in [1.807, 2.05) is 4.90 Å². The molecular formula is C20H19N5O5. The van der Waals surface area contributed by atoms with Crippen LogP contribution in [0.1, 0.15) is 42.1 Å². The number of rotatable bonds is 6. The van der Waals surface area contributed by atoms with Crippen molar-refractivity contribution in [2.24, 2.45) is 0 Å². The molecule has 4 rings (SSSR count). The van der Waals surface area contributed by atoms with E-state index in [2.05, 4.69) is 15.1 Å². The molecule has 154 valence electrons. The Bertz CT molecular complexity index is 1060. The Kier molecular flexibility index (Phi) is 5.38. The topological polar surface area (TPSA) is 124 Å². The van der Waals surface area contributed by atoms with Crippen LogP contribution in [0.25, 0.3) is 11.4 Å². The van der Waals surface area contributed by atoms with Gasteiger partial charge in [0, 0.05) is 37.1 Å². The number of esters is 1. The average Bonchev–Trinajstić information content (AvgIpc) is 3.46. The number of nitro groups is 1. The molecule has 1 fully saturated rings. The standard InChI is InChI=1S/C20H19N5O5/c1-13(19-22-18(23-30-19)15-5-4-8-21-12-15)29-20(26)14-6-7-16(17(11-14)25(27)28)24-9-2-3-10-24/h4-8,11-13H,2-3,9-10H2,1H3/t13-/m0/s1. The van der Waals surface area contributed by atoms with Crippen LogP contribution in [-0.4, -0.2) is 39.1 Å². The summed E-state index contributed by atoms with van der Waals surface area (Å²) in [6.07, 6.45) is 4.37. The summed E-state index contributed by atoms with van der Waals surface area (Å²) in [5, 5.41) is 15.4. The fourth-order valence-corrected chi connectivity index (χ4v) is 3.31. The first-order valence-electron chi connectivity index (χ1n) is 9.51. The van der Waals surface area contributed by atoms with Gasteiger partial charge >= 0.3 is 5.97 Å². The second-order valence-corrected chi connectivity index (χ2v) is 6.90. The van der Waals surface area contributed by atoms with Crippen molar-refractivity contribution in [3.05, 3.63) is 64.3 Å². The van der Waals surface area contributed by atoms with Crippen LogP contribution >= 0.6 is 0 Å². The fraction of sp³-hybridized carbons (Fsp3) is 0.300. The molecule has 0 N–H and O–H groups in total. The molecule has 10 heteroatoms. The van der Waals surface area contributed by atoms with Gasteiger partial charge in [0.15, 0.2) is 6.10 Å². The SMILES string of the molecule is C[C@H](OC(=O)c1ccc(N2CCCC2)c([N+](=O)[O-])c1)c1nc(-c2cccnc2)no1. The molecule has 0 saturated carbocycles. The van der Waals surface area contributed by atoms with Gasteiger partial charge in [-0.1, -0.05) is 5.16 Å². The molecule has 1 aromatic carbocycles. The summed E-state index contributed by atoms with van der Waals surface area (Å²) in [6, 6.07) is 7.90. The summed E-state index contributed by atoms with van der Waals surface area (Å²) >= 11 is 0. The highest BCUT2D eigenvalue weighted by molar-refractivity contribution is 5.91. The maximum Gasteiger partial charge on any atom is 0.339 e. The van der Waals surface area contributed by atoms with Gasteiger partial charge in [-0.15, -0.1) is 0 Å². The van der Waals surface area contributed by atoms with Gasteiger partial charge in [-0.05, 0) is 44.0 Å². The van der Waals surface area contributed by atoms with E-state index < -0.39 is 17.0 Å². The first-order chi connectivity index (χ1) is 14.5. The molecule has 1 saturated heterocycles. The van der Waals surface area contributed by atoms with Crippen molar-refractivity contribution < 1.29 is 19.0 Å². The molecule has 0 unspecified atom stereocenters. The molecule has 10 nitrogen and oxygen atoms in total. The summed E-state index contributed by atoms with van der Waals surface area (Å²) < 4.78 is 10.6. The van der Waals surface area contributed by atoms with E-state index in [0.29, 0.717) is 17.1 Å². The number of aromatic nitrogens is 3. The van der Waals surface area contributed by atoms with Crippen LogP contribution in [0, 0.1) is 10.1 Å². The van der Waals surface area contributed by atoms with Crippen molar-refractivity contribution in [3.8, 4) is 11.4 Å². The summed E-state index contributed by atoms with van der Waals surface area (Å²) in [4.78, 5) is 33.8. The van der Waals surface area contributed by atoms with Gasteiger partial charge in [0.25, 0.3) is 11.6 Å². The van der Waals surface area contributed by atoms with Gasteiger partial charge < -0.3 is 14.2 Å². The monoisotopic (exact) mass is 409 g/mol. The largest absolute Gasteiger partial charge is 0.449 e. The highest BCUT2D eigenvalue weighted by Crippen LogP contribution is 2.32. The van der Waals surface area contributed by atoms with Gasteiger partial charge in [0.1, 0.15) is 5.69 Å². The van der Waals surface area contributed by atoms with Crippen molar-refractivity contribution in [2.75, 3.05) is 18.0 Å². The van der Waals surface area contributed by atoms with E-state index in [9.17, 15) is 14.9 Å². The number of benzene rings is 1. The molecule has 1 aliphatic heterocycles. The van der Waals surface area contributed by atoms with Crippen molar-refractivity contribution in [1.29, 1.82) is 0 Å². The zero-order chi connectivity index (χ0) is 21.1. The molecule has 30 heavy (non-hydrogen) atoms. The minimum absolute atomic E-state index is 0.0866. The Morgan fingerprint density at radius 1 is 1.30 bits per heavy atom. The zero-order valence-corrected chi connectivity index (χ0v) is 16.2. The average molecular weight is 409 g/mol. The van der Waals surface area contributed by atoms with Crippen LogP contribution in [0.5, 0.6) is 0 Å². The fourth-order valence-electron chi connectivity index (χ4n) is 3.31. The van der Waals surface area contributed by atoms with Crippen LogP contribution in [0.3, 0.4) is 0 Å². The number of nitrogens with zero attached hydrogens (tertiary/aromatic N) is 5. The Hall–Kier alpha value is -3.82. The van der Waals surface area contributed by atoms with Gasteiger partial charge in [-0.2, -0.15) is 4.98 Å². The second-order valence-electron chi connectivity index (χ2n) is 6.90. The summed E-state index contributed by atoms with van der Waals surface area (Å²) in [5.74, 6) is -0.267. The highest BCUT2D eigenvalue weighted by Gasteiger charge is 2.26. The molecule has 0 aliphatic carbocycles. The third-order valence-corrected chi connectivity index (χ3v) is 4.85. The number of ether oxygens (including phenoxy) is 1. The third-order valence-electron chi connectivity index (χ3n) is 4.85. The molecule has 3 aromatic rings. The van der Waals surface area contributed by atoms with Crippen molar-refractivity contribution in [2.45, 2.75) is 25.9 Å². The van der Waals surface area contributed by atoms with Crippen LogP contribution in [-0.2, 0) is 4.74 Å². The molecule has 0 spiro atoms. The Morgan fingerprint density at radius 2 is 2.10 bits per heavy atom. The zero-order valence-electron chi connectivity index (χ0n) is 16.2. The van der Waals surface area contributed by atoms with Crippen molar-refractivity contribution in [1.82, 2.24) is 15.1 Å². The minimum Gasteiger partial charge on any atom is -0.449 e. The van der Waals surface area contributed by atoms with Crippen LogP contribution in [0.15, 0.2) is 47.2 Å². The van der Waals surface area contributed by atoms with Gasteiger partial charge in [-0.25, -0.2) is 4.79 Å². The molecule has 2 aromatic heterocycles. The quantitative estimate of drug-likeness (QED) is 0.341. The van der Waals surface area contributed by atoms with E-state index in [4.69, 9.17) is 9.26 Å². The van der Waals surface area contributed by atoms with E-state index in [1.54, 1.807) is 37.5 Å². The lowest BCUT2D eigenvalue weighted by Gasteiger charge is -2.18. The van der Waals surface area contributed by atoms with E-state index in [1.165, 1.54) is 12.1 Å². The Balaban J connectivity index is 1.50. The first kappa shape index (κ1) is 19.5. The molecule has 0 bridgehead atoms. The number of pyridine rings is 1. The molecule has 3 heterocycles. The smallest absolute Gasteiger partial charge is 0.339 e. The lowest BCUT2D eigenvalue weighted by Crippen LogP contribution is -2.19. The maximum atomic E-state index is 12.6. The number of anilines is 1. The number of carbonyl (C=O) groups excluding carboxylic acids is 1.